The van der Waals surface area contributed by atoms with E-state index in [0.717, 1.165) is 35.2 Å². The Morgan fingerprint density at radius 2 is 2.17 bits per heavy atom. The molecule has 100 valence electrons. The van der Waals surface area contributed by atoms with Crippen LogP contribution in [0.15, 0.2) is 22.7 Å². The summed E-state index contributed by atoms with van der Waals surface area (Å²) in [6, 6.07) is 5.26. The van der Waals surface area contributed by atoms with Crippen LogP contribution < -0.4 is 5.73 Å². The van der Waals surface area contributed by atoms with Crippen LogP contribution in [-0.4, -0.2) is 5.54 Å². The minimum atomic E-state index is -0.249. The number of nitrogens with two attached hydrogens (primary N) is 1. The molecule has 1 aromatic carbocycles. The lowest BCUT2D eigenvalue weighted by atomic mass is 9.68. The predicted octanol–water partition coefficient (Wildman–Crippen LogP) is 4.28. The molecule has 3 atom stereocenters. The van der Waals surface area contributed by atoms with Crippen molar-refractivity contribution in [3.63, 3.8) is 0 Å². The molecule has 1 saturated carbocycles. The maximum atomic E-state index is 13.9. The van der Waals surface area contributed by atoms with E-state index in [9.17, 15) is 4.39 Å². The molecule has 3 unspecified atom stereocenters. The van der Waals surface area contributed by atoms with Crippen molar-refractivity contribution in [2.45, 2.75) is 45.1 Å². The first-order chi connectivity index (χ1) is 8.40. The molecule has 0 aliphatic heterocycles. The molecule has 2 rings (SSSR count). The van der Waals surface area contributed by atoms with E-state index >= 15 is 0 Å². The predicted molar refractivity (Wildman–Crippen MR) is 76.9 cm³/mol. The second kappa shape index (κ2) is 5.30. The molecule has 1 fully saturated rings. The van der Waals surface area contributed by atoms with Crippen molar-refractivity contribution < 1.29 is 4.39 Å². The second-order valence-electron chi connectivity index (χ2n) is 5.93. The molecule has 1 nitrogen and oxygen atoms in total. The van der Waals surface area contributed by atoms with E-state index < -0.39 is 0 Å². The summed E-state index contributed by atoms with van der Waals surface area (Å²) in [6.45, 7) is 4.47. The quantitative estimate of drug-likeness (QED) is 0.866. The van der Waals surface area contributed by atoms with Gasteiger partial charge in [-0.25, -0.2) is 4.39 Å². The Kier molecular flexibility index (Phi) is 4.12. The van der Waals surface area contributed by atoms with Crippen LogP contribution in [0.25, 0.3) is 0 Å². The summed E-state index contributed by atoms with van der Waals surface area (Å²) in [5, 5.41) is 0. The largest absolute Gasteiger partial charge is 0.325 e. The summed E-state index contributed by atoms with van der Waals surface area (Å²) in [5.74, 6) is 1.04. The number of rotatable bonds is 2. The van der Waals surface area contributed by atoms with Gasteiger partial charge in [-0.3, -0.25) is 0 Å². The van der Waals surface area contributed by atoms with Crippen LogP contribution >= 0.6 is 15.9 Å². The molecule has 1 aliphatic carbocycles. The molecule has 18 heavy (non-hydrogen) atoms. The number of halogens is 2. The Morgan fingerprint density at radius 3 is 2.78 bits per heavy atom. The molecule has 1 aliphatic rings. The van der Waals surface area contributed by atoms with Gasteiger partial charge in [-0.2, -0.15) is 0 Å². The molecular formula is C15H21BrFN. The Hall–Kier alpha value is -0.410. The molecule has 1 aromatic rings. The van der Waals surface area contributed by atoms with Gasteiger partial charge < -0.3 is 5.73 Å². The monoisotopic (exact) mass is 313 g/mol. The van der Waals surface area contributed by atoms with Gasteiger partial charge in [-0.05, 0) is 55.2 Å². The zero-order valence-corrected chi connectivity index (χ0v) is 12.6. The van der Waals surface area contributed by atoms with E-state index in [1.54, 1.807) is 0 Å². The minimum Gasteiger partial charge on any atom is -0.325 e. The van der Waals surface area contributed by atoms with Crippen LogP contribution in [-0.2, 0) is 6.42 Å². The van der Waals surface area contributed by atoms with Gasteiger partial charge in [-0.1, -0.05) is 35.8 Å². The van der Waals surface area contributed by atoms with Crippen molar-refractivity contribution in [1.82, 2.24) is 0 Å². The van der Waals surface area contributed by atoms with Gasteiger partial charge in [-0.15, -0.1) is 0 Å². The van der Waals surface area contributed by atoms with Crippen molar-refractivity contribution in [1.29, 1.82) is 0 Å². The molecule has 0 heterocycles. The van der Waals surface area contributed by atoms with Gasteiger partial charge in [0.15, 0.2) is 0 Å². The van der Waals surface area contributed by atoms with Gasteiger partial charge in [0, 0.05) is 10.0 Å². The van der Waals surface area contributed by atoms with E-state index in [1.807, 2.05) is 12.1 Å². The molecule has 2 N–H and O–H groups in total. The third-order valence-electron chi connectivity index (χ3n) is 4.37. The van der Waals surface area contributed by atoms with Gasteiger partial charge >= 0.3 is 0 Å². The van der Waals surface area contributed by atoms with Crippen LogP contribution in [0, 0.1) is 17.7 Å². The SMILES string of the molecule is CC1CCC(N)(Cc2ccc(Br)cc2F)C(C)C1. The molecule has 0 amide bonds. The Bertz CT molecular complexity index is 435. The van der Waals surface area contributed by atoms with Gasteiger partial charge in [0.05, 0.1) is 0 Å². The molecule has 0 spiro atoms. The molecule has 0 aromatic heterocycles. The third kappa shape index (κ3) is 2.94. The van der Waals surface area contributed by atoms with Crippen LogP contribution in [0.3, 0.4) is 0 Å². The highest BCUT2D eigenvalue weighted by Gasteiger charge is 2.37. The van der Waals surface area contributed by atoms with E-state index in [2.05, 4.69) is 29.8 Å². The van der Waals surface area contributed by atoms with Crippen LogP contribution in [0.4, 0.5) is 4.39 Å². The Morgan fingerprint density at radius 1 is 1.44 bits per heavy atom. The topological polar surface area (TPSA) is 26.0 Å². The molecule has 0 saturated heterocycles. The van der Waals surface area contributed by atoms with Crippen molar-refractivity contribution in [3.8, 4) is 0 Å². The Labute approximate surface area is 117 Å². The maximum absolute atomic E-state index is 13.9. The Balaban J connectivity index is 2.17. The standard InChI is InChI=1S/C15H21BrFN/c1-10-5-6-15(18,11(2)7-10)9-12-3-4-13(16)8-14(12)17/h3-4,8,10-11H,5-7,9,18H2,1-2H3. The lowest BCUT2D eigenvalue weighted by Gasteiger charge is -2.42. The maximum Gasteiger partial charge on any atom is 0.127 e. The minimum absolute atomic E-state index is 0.153. The van der Waals surface area contributed by atoms with Crippen molar-refractivity contribution in [2.24, 2.45) is 17.6 Å². The van der Waals surface area contributed by atoms with Crippen molar-refractivity contribution in [2.75, 3.05) is 0 Å². The normalized spacial score (nSPS) is 32.5. The van der Waals surface area contributed by atoms with E-state index in [-0.39, 0.29) is 11.4 Å². The summed E-state index contributed by atoms with van der Waals surface area (Å²) in [4.78, 5) is 0. The highest BCUT2D eigenvalue weighted by atomic mass is 79.9. The van der Waals surface area contributed by atoms with E-state index in [0.29, 0.717) is 12.3 Å². The molecule has 0 radical (unpaired) electrons. The smallest absolute Gasteiger partial charge is 0.127 e. The fourth-order valence-electron chi connectivity index (χ4n) is 3.00. The highest BCUT2D eigenvalue weighted by Crippen LogP contribution is 2.37. The summed E-state index contributed by atoms with van der Waals surface area (Å²) < 4.78 is 14.7. The van der Waals surface area contributed by atoms with Gasteiger partial charge in [0.2, 0.25) is 0 Å². The molecular weight excluding hydrogens is 293 g/mol. The summed E-state index contributed by atoms with van der Waals surface area (Å²) in [7, 11) is 0. The van der Waals surface area contributed by atoms with Crippen LogP contribution in [0.2, 0.25) is 0 Å². The summed E-state index contributed by atoms with van der Waals surface area (Å²) >= 11 is 3.28. The fourth-order valence-corrected chi connectivity index (χ4v) is 3.33. The summed E-state index contributed by atoms with van der Waals surface area (Å²) in [6.07, 6.45) is 3.93. The average Bonchev–Trinajstić information content (AvgIpc) is 2.29. The second-order valence-corrected chi connectivity index (χ2v) is 6.84. The van der Waals surface area contributed by atoms with Crippen molar-refractivity contribution in [3.05, 3.63) is 34.1 Å². The first-order valence-electron chi connectivity index (χ1n) is 6.63. The number of hydrogen-bond acceptors (Lipinski definition) is 1. The third-order valence-corrected chi connectivity index (χ3v) is 4.87. The van der Waals surface area contributed by atoms with Crippen LogP contribution in [0.1, 0.15) is 38.7 Å². The van der Waals surface area contributed by atoms with E-state index in [4.69, 9.17) is 5.73 Å². The number of hydrogen-bond donors (Lipinski definition) is 1. The van der Waals surface area contributed by atoms with Gasteiger partial charge in [0.25, 0.3) is 0 Å². The fraction of sp³-hybridized carbons (Fsp3) is 0.600. The average molecular weight is 314 g/mol. The first kappa shape index (κ1) is 14.0. The zero-order valence-electron chi connectivity index (χ0n) is 11.0. The molecule has 0 bridgehead atoms. The van der Waals surface area contributed by atoms with Crippen LogP contribution in [0.5, 0.6) is 0 Å². The lowest BCUT2D eigenvalue weighted by Crippen LogP contribution is -2.51. The number of benzene rings is 1. The molecule has 3 heteroatoms. The highest BCUT2D eigenvalue weighted by molar-refractivity contribution is 9.10. The lowest BCUT2D eigenvalue weighted by molar-refractivity contribution is 0.162. The summed E-state index contributed by atoms with van der Waals surface area (Å²) in [5.41, 5.74) is 7.01. The van der Waals surface area contributed by atoms with Crippen molar-refractivity contribution >= 4 is 15.9 Å². The first-order valence-corrected chi connectivity index (χ1v) is 7.43. The van der Waals surface area contributed by atoms with E-state index in [1.165, 1.54) is 6.07 Å². The zero-order chi connectivity index (χ0) is 13.3. The van der Waals surface area contributed by atoms with Gasteiger partial charge in [0.1, 0.15) is 5.82 Å².